The van der Waals surface area contributed by atoms with Gasteiger partial charge in [-0.05, 0) is 57.1 Å². The first-order chi connectivity index (χ1) is 15.7. The van der Waals surface area contributed by atoms with E-state index in [0.29, 0.717) is 0 Å². The summed E-state index contributed by atoms with van der Waals surface area (Å²) in [5, 5.41) is 3.47. The Kier molecular flexibility index (Phi) is 11.3. The summed E-state index contributed by atoms with van der Waals surface area (Å²) in [5.74, 6) is 1.87. The molecule has 2 saturated heterocycles. The van der Waals surface area contributed by atoms with Gasteiger partial charge >= 0.3 is 0 Å². The zero-order valence-corrected chi connectivity index (χ0v) is 20.5. The van der Waals surface area contributed by atoms with Crippen LogP contribution in [0.2, 0.25) is 0 Å². The van der Waals surface area contributed by atoms with E-state index in [1.165, 1.54) is 64.0 Å². The van der Waals surface area contributed by atoms with Gasteiger partial charge in [0.25, 0.3) is 0 Å². The third-order valence-electron chi connectivity index (χ3n) is 6.77. The van der Waals surface area contributed by atoms with Crippen LogP contribution in [0.4, 0.5) is 0 Å². The Morgan fingerprint density at radius 2 is 1.78 bits per heavy atom. The van der Waals surface area contributed by atoms with Crippen molar-refractivity contribution in [1.29, 1.82) is 0 Å². The van der Waals surface area contributed by atoms with Crippen LogP contribution in [0.1, 0.15) is 44.6 Å². The molecule has 0 aromatic heterocycles. The first-order valence-electron chi connectivity index (χ1n) is 12.8. The molecule has 0 radical (unpaired) electrons. The van der Waals surface area contributed by atoms with Crippen LogP contribution in [0.25, 0.3) is 0 Å². The van der Waals surface area contributed by atoms with Crippen LogP contribution in [-0.4, -0.2) is 93.3 Å². The van der Waals surface area contributed by atoms with Gasteiger partial charge in [0.05, 0.1) is 0 Å². The van der Waals surface area contributed by atoms with Crippen LogP contribution >= 0.6 is 0 Å². The second-order valence-corrected chi connectivity index (χ2v) is 9.31. The number of unbranched alkanes of at least 4 members (excludes halogenated alkanes) is 1. The van der Waals surface area contributed by atoms with Crippen LogP contribution in [0.5, 0.6) is 0 Å². The summed E-state index contributed by atoms with van der Waals surface area (Å²) in [6.07, 6.45) is 6.05. The number of hydrogen-bond acceptors (Lipinski definition) is 4. The molecule has 0 amide bonds. The third kappa shape index (κ3) is 9.08. The first-order valence-corrected chi connectivity index (χ1v) is 12.8. The fourth-order valence-corrected chi connectivity index (χ4v) is 4.63. The average molecular weight is 444 g/mol. The molecule has 2 fully saturated rings. The number of piperazine rings is 1. The molecule has 6 heteroatoms. The lowest BCUT2D eigenvalue weighted by atomic mass is 9.96. The summed E-state index contributed by atoms with van der Waals surface area (Å²) in [5.41, 5.74) is 1.42. The molecule has 2 heterocycles. The number of hydrogen-bond donors (Lipinski definition) is 1. The number of benzene rings is 1. The van der Waals surface area contributed by atoms with Gasteiger partial charge in [0.15, 0.2) is 5.96 Å². The predicted octanol–water partition coefficient (Wildman–Crippen LogP) is 3.30. The zero-order chi connectivity index (χ0) is 22.4. The second-order valence-electron chi connectivity index (χ2n) is 9.31. The lowest BCUT2D eigenvalue weighted by Crippen LogP contribution is -2.46. The highest BCUT2D eigenvalue weighted by Gasteiger charge is 2.17. The van der Waals surface area contributed by atoms with Crippen molar-refractivity contribution >= 4 is 5.96 Å². The molecule has 0 atom stereocenters. The Hall–Kier alpha value is -1.63. The summed E-state index contributed by atoms with van der Waals surface area (Å²) in [6, 6.07) is 10.8. The summed E-state index contributed by atoms with van der Waals surface area (Å²) in [7, 11) is 2.18. The number of aliphatic imine (C=N–C) groups is 1. The monoisotopic (exact) mass is 443 g/mol. The molecule has 6 nitrogen and oxygen atoms in total. The Morgan fingerprint density at radius 3 is 2.50 bits per heavy atom. The minimum absolute atomic E-state index is 0.808. The fourth-order valence-electron chi connectivity index (χ4n) is 4.63. The molecular formula is C26H45N5O. The van der Waals surface area contributed by atoms with E-state index in [1.807, 2.05) is 0 Å². The van der Waals surface area contributed by atoms with Crippen LogP contribution in [0.15, 0.2) is 35.3 Å². The number of ether oxygens (including phenoxy) is 1. The highest BCUT2D eigenvalue weighted by molar-refractivity contribution is 5.79. The molecule has 1 aromatic carbocycles. The van der Waals surface area contributed by atoms with Crippen molar-refractivity contribution in [2.24, 2.45) is 10.9 Å². The maximum absolute atomic E-state index is 5.49. The van der Waals surface area contributed by atoms with Crippen LogP contribution < -0.4 is 5.32 Å². The molecule has 0 saturated carbocycles. The maximum Gasteiger partial charge on any atom is 0.193 e. The van der Waals surface area contributed by atoms with Gasteiger partial charge in [-0.2, -0.15) is 0 Å². The predicted molar refractivity (Wildman–Crippen MR) is 134 cm³/mol. The van der Waals surface area contributed by atoms with Crippen LogP contribution in [0.3, 0.4) is 0 Å². The molecule has 32 heavy (non-hydrogen) atoms. The van der Waals surface area contributed by atoms with Gasteiger partial charge in [0, 0.05) is 72.6 Å². The van der Waals surface area contributed by atoms with Crippen molar-refractivity contribution in [3.05, 3.63) is 35.9 Å². The molecule has 0 bridgehead atoms. The van der Waals surface area contributed by atoms with Crippen molar-refractivity contribution in [1.82, 2.24) is 20.0 Å². The molecule has 3 rings (SSSR count). The molecule has 1 N–H and O–H groups in total. The number of nitrogens with one attached hydrogen (secondary N) is 1. The quantitative estimate of drug-likeness (QED) is 0.323. The van der Waals surface area contributed by atoms with E-state index >= 15 is 0 Å². The molecule has 0 aliphatic carbocycles. The summed E-state index contributed by atoms with van der Waals surface area (Å²) in [6.45, 7) is 13.9. The summed E-state index contributed by atoms with van der Waals surface area (Å²) in [4.78, 5) is 12.4. The van der Waals surface area contributed by atoms with Gasteiger partial charge in [0.1, 0.15) is 0 Å². The Morgan fingerprint density at radius 1 is 1.06 bits per heavy atom. The molecule has 0 spiro atoms. The van der Waals surface area contributed by atoms with Gasteiger partial charge in [0.2, 0.25) is 0 Å². The minimum Gasteiger partial charge on any atom is -0.381 e. The van der Waals surface area contributed by atoms with Gasteiger partial charge in [-0.15, -0.1) is 0 Å². The zero-order valence-electron chi connectivity index (χ0n) is 20.5. The first kappa shape index (κ1) is 25.0. The van der Waals surface area contributed by atoms with Gasteiger partial charge in [-0.3, -0.25) is 9.89 Å². The third-order valence-corrected chi connectivity index (χ3v) is 6.77. The lowest BCUT2D eigenvalue weighted by molar-refractivity contribution is 0.0625. The Balaban J connectivity index is 1.28. The number of nitrogens with zero attached hydrogens (tertiary/aromatic N) is 4. The van der Waals surface area contributed by atoms with E-state index in [9.17, 15) is 0 Å². The summed E-state index contributed by atoms with van der Waals surface area (Å²) < 4.78 is 5.49. The van der Waals surface area contributed by atoms with Crippen molar-refractivity contribution in [3.8, 4) is 0 Å². The van der Waals surface area contributed by atoms with E-state index in [2.05, 4.69) is 64.3 Å². The second kappa shape index (κ2) is 14.5. The SMILES string of the molecule is CCNC(=NCCCCN1CCN(Cc2ccccc2)CC1)N(C)CCC1CCOCC1. The van der Waals surface area contributed by atoms with E-state index in [-0.39, 0.29) is 0 Å². The van der Waals surface area contributed by atoms with Gasteiger partial charge in [-0.1, -0.05) is 30.3 Å². The topological polar surface area (TPSA) is 43.3 Å². The largest absolute Gasteiger partial charge is 0.381 e. The van der Waals surface area contributed by atoms with E-state index in [4.69, 9.17) is 9.73 Å². The molecule has 2 aliphatic rings. The normalized spacial score (nSPS) is 19.2. The highest BCUT2D eigenvalue weighted by Crippen LogP contribution is 2.18. The maximum atomic E-state index is 5.49. The molecule has 1 aromatic rings. The van der Waals surface area contributed by atoms with Crippen LogP contribution in [-0.2, 0) is 11.3 Å². The van der Waals surface area contributed by atoms with Gasteiger partial charge < -0.3 is 19.9 Å². The standard InChI is InChI=1S/C26H45N5O/c1-3-27-26(29(2)16-11-24-12-21-32-22-13-24)28-14-7-8-15-30-17-19-31(20-18-30)23-25-9-5-4-6-10-25/h4-6,9-10,24H,3,7-8,11-23H2,1-2H3,(H,27,28). The molecule has 180 valence electrons. The number of rotatable bonds is 11. The van der Waals surface area contributed by atoms with Crippen molar-refractivity contribution in [2.75, 3.05) is 72.6 Å². The average Bonchev–Trinajstić information content (AvgIpc) is 2.84. The Labute approximate surface area is 196 Å². The smallest absolute Gasteiger partial charge is 0.193 e. The van der Waals surface area contributed by atoms with E-state index in [1.54, 1.807) is 0 Å². The minimum atomic E-state index is 0.808. The lowest BCUT2D eigenvalue weighted by Gasteiger charge is -2.34. The Bertz CT molecular complexity index is 639. The molecule has 2 aliphatic heterocycles. The number of guanidine groups is 1. The van der Waals surface area contributed by atoms with E-state index in [0.717, 1.165) is 57.7 Å². The molecular weight excluding hydrogens is 398 g/mol. The summed E-state index contributed by atoms with van der Waals surface area (Å²) >= 11 is 0. The van der Waals surface area contributed by atoms with E-state index < -0.39 is 0 Å². The highest BCUT2D eigenvalue weighted by atomic mass is 16.5. The fraction of sp³-hybridized carbons (Fsp3) is 0.731. The van der Waals surface area contributed by atoms with Gasteiger partial charge in [-0.25, -0.2) is 0 Å². The van der Waals surface area contributed by atoms with Crippen molar-refractivity contribution < 1.29 is 4.74 Å². The molecule has 0 unspecified atom stereocenters. The van der Waals surface area contributed by atoms with Crippen LogP contribution in [0, 0.1) is 5.92 Å². The van der Waals surface area contributed by atoms with Crippen molar-refractivity contribution in [3.63, 3.8) is 0 Å². The van der Waals surface area contributed by atoms with Crippen molar-refractivity contribution in [2.45, 2.75) is 45.6 Å².